The molecule has 0 aliphatic carbocycles. The molecule has 3 nitrogen and oxygen atoms in total. The van der Waals surface area contributed by atoms with Crippen LogP contribution >= 0.6 is 0 Å². The van der Waals surface area contributed by atoms with Crippen molar-refractivity contribution < 1.29 is 9.84 Å². The van der Waals surface area contributed by atoms with E-state index < -0.39 is 0 Å². The Kier molecular flexibility index (Phi) is 4.77. The first-order chi connectivity index (χ1) is 7.63. The zero-order valence-corrected chi connectivity index (χ0v) is 10.5. The monoisotopic (exact) mass is 223 g/mol. The van der Waals surface area contributed by atoms with Crippen LogP contribution in [0.1, 0.15) is 22.6 Å². The van der Waals surface area contributed by atoms with Gasteiger partial charge in [-0.05, 0) is 43.7 Å². The highest BCUT2D eigenvalue weighted by Crippen LogP contribution is 2.27. The van der Waals surface area contributed by atoms with E-state index in [2.05, 4.69) is 18.3 Å². The Hall–Kier alpha value is -1.06. The second-order valence-corrected chi connectivity index (χ2v) is 4.12. The first-order valence-electron chi connectivity index (χ1n) is 5.54. The summed E-state index contributed by atoms with van der Waals surface area (Å²) < 4.78 is 5.28. The van der Waals surface area contributed by atoms with E-state index in [0.717, 1.165) is 23.4 Å². The van der Waals surface area contributed by atoms with Gasteiger partial charge >= 0.3 is 0 Å². The Morgan fingerprint density at radius 1 is 1.31 bits per heavy atom. The van der Waals surface area contributed by atoms with Gasteiger partial charge in [0.2, 0.25) is 0 Å². The van der Waals surface area contributed by atoms with Crippen LogP contribution in [0.2, 0.25) is 0 Å². The van der Waals surface area contributed by atoms with Gasteiger partial charge in [0.15, 0.2) is 0 Å². The molecule has 3 heteroatoms. The van der Waals surface area contributed by atoms with Crippen LogP contribution in [0.25, 0.3) is 0 Å². The van der Waals surface area contributed by atoms with Gasteiger partial charge in [-0.3, -0.25) is 0 Å². The zero-order valence-electron chi connectivity index (χ0n) is 10.5. The van der Waals surface area contributed by atoms with E-state index in [4.69, 9.17) is 4.74 Å². The minimum atomic E-state index is 0.148. The Morgan fingerprint density at radius 2 is 2.00 bits per heavy atom. The van der Waals surface area contributed by atoms with Gasteiger partial charge < -0.3 is 15.2 Å². The fourth-order valence-corrected chi connectivity index (χ4v) is 1.99. The topological polar surface area (TPSA) is 41.5 Å². The number of aliphatic hydroxyl groups excluding tert-OH is 1. The van der Waals surface area contributed by atoms with E-state index in [1.807, 2.05) is 20.0 Å². The number of methoxy groups -OCH3 is 1. The standard InChI is InChI=1S/C13H21NO2/c1-9-6-13(16-4)10(2)5-12(9)11(8-15)7-14-3/h5-6,11,14-15H,7-8H2,1-4H3. The third-order valence-electron chi connectivity index (χ3n) is 2.89. The molecule has 1 unspecified atom stereocenters. The first kappa shape index (κ1) is 13.0. The molecule has 0 spiro atoms. The van der Waals surface area contributed by atoms with Gasteiger partial charge in [0.1, 0.15) is 5.75 Å². The Balaban J connectivity index is 3.08. The summed E-state index contributed by atoms with van der Waals surface area (Å²) in [6, 6.07) is 4.13. The van der Waals surface area contributed by atoms with Crippen molar-refractivity contribution in [2.24, 2.45) is 0 Å². The molecule has 0 aliphatic rings. The van der Waals surface area contributed by atoms with E-state index in [-0.39, 0.29) is 12.5 Å². The Bertz CT molecular complexity index is 350. The van der Waals surface area contributed by atoms with Crippen molar-refractivity contribution in [2.75, 3.05) is 27.3 Å². The molecule has 0 radical (unpaired) electrons. The molecule has 0 bridgehead atoms. The van der Waals surface area contributed by atoms with Crippen molar-refractivity contribution in [1.29, 1.82) is 0 Å². The van der Waals surface area contributed by atoms with Crippen molar-refractivity contribution in [3.63, 3.8) is 0 Å². The zero-order chi connectivity index (χ0) is 12.1. The molecule has 1 aromatic rings. The molecule has 0 fully saturated rings. The molecule has 0 saturated heterocycles. The number of likely N-dealkylation sites (N-methyl/N-ethyl adjacent to an activating group) is 1. The van der Waals surface area contributed by atoms with E-state index in [0.29, 0.717) is 0 Å². The Morgan fingerprint density at radius 3 is 2.50 bits per heavy atom. The molecule has 2 N–H and O–H groups in total. The number of aliphatic hydroxyl groups is 1. The molecule has 0 saturated carbocycles. The van der Waals surface area contributed by atoms with E-state index in [9.17, 15) is 5.11 Å². The van der Waals surface area contributed by atoms with Gasteiger partial charge in [0, 0.05) is 12.5 Å². The fourth-order valence-electron chi connectivity index (χ4n) is 1.99. The van der Waals surface area contributed by atoms with Crippen molar-refractivity contribution >= 4 is 0 Å². The van der Waals surface area contributed by atoms with Gasteiger partial charge in [-0.15, -0.1) is 0 Å². The number of hydrogen-bond acceptors (Lipinski definition) is 3. The SMILES string of the molecule is CNCC(CO)c1cc(C)c(OC)cc1C. The number of aryl methyl sites for hydroxylation is 2. The average molecular weight is 223 g/mol. The van der Waals surface area contributed by atoms with E-state index in [1.54, 1.807) is 7.11 Å². The summed E-state index contributed by atoms with van der Waals surface area (Å²) in [5.41, 5.74) is 3.46. The molecule has 16 heavy (non-hydrogen) atoms. The lowest BCUT2D eigenvalue weighted by atomic mass is 9.93. The molecular formula is C13H21NO2. The number of nitrogens with one attached hydrogen (secondary N) is 1. The highest BCUT2D eigenvalue weighted by atomic mass is 16.5. The molecule has 90 valence electrons. The van der Waals surface area contributed by atoms with Crippen molar-refractivity contribution in [2.45, 2.75) is 19.8 Å². The first-order valence-corrected chi connectivity index (χ1v) is 5.54. The quantitative estimate of drug-likeness (QED) is 0.797. The second-order valence-electron chi connectivity index (χ2n) is 4.12. The third-order valence-corrected chi connectivity index (χ3v) is 2.89. The number of ether oxygens (including phenoxy) is 1. The maximum Gasteiger partial charge on any atom is 0.122 e. The lowest BCUT2D eigenvalue weighted by molar-refractivity contribution is 0.263. The van der Waals surface area contributed by atoms with Crippen LogP contribution in [-0.2, 0) is 0 Å². The van der Waals surface area contributed by atoms with E-state index >= 15 is 0 Å². The summed E-state index contributed by atoms with van der Waals surface area (Å²) in [5.74, 6) is 1.05. The van der Waals surface area contributed by atoms with Crippen LogP contribution in [0, 0.1) is 13.8 Å². The lowest BCUT2D eigenvalue weighted by Gasteiger charge is -2.18. The van der Waals surface area contributed by atoms with Crippen LogP contribution in [0.4, 0.5) is 0 Å². The summed E-state index contributed by atoms with van der Waals surface area (Å²) >= 11 is 0. The van der Waals surface area contributed by atoms with Gasteiger partial charge in [0.25, 0.3) is 0 Å². The third kappa shape index (κ3) is 2.74. The summed E-state index contributed by atoms with van der Waals surface area (Å²) in [6.07, 6.45) is 0. The Labute approximate surface area is 97.4 Å². The van der Waals surface area contributed by atoms with Gasteiger partial charge in [-0.25, -0.2) is 0 Å². The largest absolute Gasteiger partial charge is 0.496 e. The van der Waals surface area contributed by atoms with Crippen LogP contribution in [-0.4, -0.2) is 32.4 Å². The molecule has 1 aromatic carbocycles. The predicted octanol–water partition coefficient (Wildman–Crippen LogP) is 1.61. The summed E-state index contributed by atoms with van der Waals surface area (Å²) in [4.78, 5) is 0. The molecule has 0 heterocycles. The maximum absolute atomic E-state index is 9.38. The second kappa shape index (κ2) is 5.87. The van der Waals surface area contributed by atoms with Crippen molar-refractivity contribution in [3.05, 3.63) is 28.8 Å². The van der Waals surface area contributed by atoms with Crippen LogP contribution in [0.5, 0.6) is 5.75 Å². The maximum atomic E-state index is 9.38. The fraction of sp³-hybridized carbons (Fsp3) is 0.538. The molecule has 0 aliphatic heterocycles. The van der Waals surface area contributed by atoms with Crippen LogP contribution in [0.3, 0.4) is 0 Å². The molecule has 1 atom stereocenters. The average Bonchev–Trinajstić information content (AvgIpc) is 2.28. The van der Waals surface area contributed by atoms with Gasteiger partial charge in [-0.1, -0.05) is 6.07 Å². The predicted molar refractivity (Wildman–Crippen MR) is 66.2 cm³/mol. The molecule has 1 rings (SSSR count). The highest BCUT2D eigenvalue weighted by molar-refractivity contribution is 5.43. The summed E-state index contributed by atoms with van der Waals surface area (Å²) in [5, 5.41) is 12.5. The number of benzene rings is 1. The van der Waals surface area contributed by atoms with Crippen LogP contribution < -0.4 is 10.1 Å². The number of hydrogen-bond donors (Lipinski definition) is 2. The van der Waals surface area contributed by atoms with Crippen LogP contribution in [0.15, 0.2) is 12.1 Å². The smallest absolute Gasteiger partial charge is 0.122 e. The molecule has 0 amide bonds. The van der Waals surface area contributed by atoms with Gasteiger partial charge in [0.05, 0.1) is 13.7 Å². The number of rotatable bonds is 5. The van der Waals surface area contributed by atoms with E-state index in [1.165, 1.54) is 5.56 Å². The molecular weight excluding hydrogens is 202 g/mol. The lowest BCUT2D eigenvalue weighted by Crippen LogP contribution is -2.21. The minimum Gasteiger partial charge on any atom is -0.496 e. The normalized spacial score (nSPS) is 12.6. The van der Waals surface area contributed by atoms with Crippen molar-refractivity contribution in [1.82, 2.24) is 5.32 Å². The van der Waals surface area contributed by atoms with Crippen molar-refractivity contribution in [3.8, 4) is 5.75 Å². The van der Waals surface area contributed by atoms with Gasteiger partial charge in [-0.2, -0.15) is 0 Å². The minimum absolute atomic E-state index is 0.148. The highest BCUT2D eigenvalue weighted by Gasteiger charge is 2.14. The summed E-state index contributed by atoms with van der Waals surface area (Å²) in [6.45, 7) is 5.02. The molecule has 0 aromatic heterocycles. The summed E-state index contributed by atoms with van der Waals surface area (Å²) in [7, 11) is 3.58.